The third kappa shape index (κ3) is 4.98. The van der Waals surface area contributed by atoms with Gasteiger partial charge in [-0.2, -0.15) is 0 Å². The Morgan fingerprint density at radius 1 is 1.09 bits per heavy atom. The summed E-state index contributed by atoms with van der Waals surface area (Å²) in [6.45, 7) is 4.73. The van der Waals surface area contributed by atoms with E-state index in [1.54, 1.807) is 11.2 Å². The van der Waals surface area contributed by atoms with Crippen molar-refractivity contribution in [1.82, 2.24) is 19.9 Å². The van der Waals surface area contributed by atoms with Gasteiger partial charge in [-0.1, -0.05) is 26.0 Å². The van der Waals surface area contributed by atoms with E-state index in [1.165, 1.54) is 5.56 Å². The van der Waals surface area contributed by atoms with Crippen LogP contribution in [-0.2, 0) is 22.4 Å². The van der Waals surface area contributed by atoms with Gasteiger partial charge in [-0.25, -0.2) is 9.97 Å². The quantitative estimate of drug-likeness (QED) is 0.552. The Bertz CT molecular complexity index is 1120. The van der Waals surface area contributed by atoms with Gasteiger partial charge in [-0.3, -0.25) is 9.59 Å². The number of benzene rings is 1. The van der Waals surface area contributed by atoms with Gasteiger partial charge >= 0.3 is 0 Å². The van der Waals surface area contributed by atoms with E-state index in [0.717, 1.165) is 40.9 Å². The lowest BCUT2D eigenvalue weighted by Gasteiger charge is -2.21. The number of rotatable bonds is 0. The number of aromatic nitrogens is 3. The summed E-state index contributed by atoms with van der Waals surface area (Å²) in [7, 11) is 1.83. The molecule has 0 saturated heterocycles. The number of carbonyl (C=O) groups is 2. The molecule has 168 valence electrons. The van der Waals surface area contributed by atoms with Crippen LogP contribution in [0.3, 0.4) is 0 Å². The van der Waals surface area contributed by atoms with Crippen LogP contribution >= 0.6 is 0 Å². The largest absolute Gasteiger partial charge is 0.346 e. The second kappa shape index (κ2) is 9.51. The van der Waals surface area contributed by atoms with E-state index in [2.05, 4.69) is 33.3 Å². The fourth-order valence-corrected chi connectivity index (χ4v) is 4.29. The molecule has 32 heavy (non-hydrogen) atoms. The van der Waals surface area contributed by atoms with E-state index in [4.69, 9.17) is 0 Å². The molecule has 7 nitrogen and oxygen atoms in total. The minimum atomic E-state index is -0.265. The summed E-state index contributed by atoms with van der Waals surface area (Å²) in [5.74, 6) is 1.05. The van der Waals surface area contributed by atoms with E-state index in [-0.39, 0.29) is 24.0 Å². The number of hydrogen-bond donors (Lipinski definition) is 2. The number of Topliss-reactive ketones (excluding diaryl/α,β-unsaturated/α-hetero) is 1. The normalized spacial score (nSPS) is 21.2. The number of nitrogens with zero attached hydrogens (tertiary/aromatic N) is 3. The minimum absolute atomic E-state index is 0.0353. The molecule has 2 atom stereocenters. The number of amides is 1. The Hall–Kier alpha value is -3.22. The summed E-state index contributed by atoms with van der Waals surface area (Å²) < 4.78 is 0. The molecule has 7 heteroatoms. The van der Waals surface area contributed by atoms with Crippen LogP contribution in [0.25, 0.3) is 11.0 Å². The highest BCUT2D eigenvalue weighted by Crippen LogP contribution is 2.29. The third-order valence-corrected chi connectivity index (χ3v) is 6.38. The first kappa shape index (κ1) is 22.0. The molecule has 3 heterocycles. The monoisotopic (exact) mass is 433 g/mol. The molecule has 2 N–H and O–H groups in total. The van der Waals surface area contributed by atoms with Gasteiger partial charge in [0.25, 0.3) is 0 Å². The molecule has 2 bridgehead atoms. The van der Waals surface area contributed by atoms with Gasteiger partial charge in [-0.15, -0.1) is 0 Å². The molecule has 0 saturated carbocycles. The van der Waals surface area contributed by atoms with Gasteiger partial charge in [0.2, 0.25) is 5.91 Å². The van der Waals surface area contributed by atoms with E-state index in [1.807, 2.05) is 38.4 Å². The first-order valence-electron chi connectivity index (χ1n) is 11.3. The Morgan fingerprint density at radius 3 is 2.78 bits per heavy atom. The van der Waals surface area contributed by atoms with E-state index >= 15 is 0 Å². The van der Waals surface area contributed by atoms with Crippen LogP contribution in [0.4, 0.5) is 11.5 Å². The fourth-order valence-electron chi connectivity index (χ4n) is 4.29. The SMILES string of the molecule is CC1CCN(C)C(=O)CC(C)C(=O)CCc2cccc(c2)Nc2ncnc3[nH]cc(c23)C1. The highest BCUT2D eigenvalue weighted by Gasteiger charge is 2.21. The molecule has 0 spiro atoms. The second-order valence-electron chi connectivity index (χ2n) is 9.07. The van der Waals surface area contributed by atoms with Crippen molar-refractivity contribution in [2.24, 2.45) is 11.8 Å². The lowest BCUT2D eigenvalue weighted by Crippen LogP contribution is -2.31. The standard InChI is InChI=1S/C25H31N5O2/c1-16-9-10-30(3)22(32)12-17(2)21(31)8-7-18-5-4-6-20(13-18)29-25-23-19(11-16)14-26-24(23)27-15-28-25/h4-6,13-17H,7-12H2,1-3H3,(H2,26,27,28,29). The van der Waals surface area contributed by atoms with Crippen molar-refractivity contribution in [1.29, 1.82) is 0 Å². The van der Waals surface area contributed by atoms with Crippen molar-refractivity contribution < 1.29 is 9.59 Å². The Balaban J connectivity index is 1.67. The van der Waals surface area contributed by atoms with Gasteiger partial charge in [0.15, 0.2) is 0 Å². The van der Waals surface area contributed by atoms with Crippen LogP contribution in [0.5, 0.6) is 0 Å². The van der Waals surface area contributed by atoms with Crippen molar-refractivity contribution in [2.45, 2.75) is 46.0 Å². The Morgan fingerprint density at radius 2 is 1.94 bits per heavy atom. The molecule has 2 aromatic heterocycles. The summed E-state index contributed by atoms with van der Waals surface area (Å²) in [6, 6.07) is 8.08. The molecular weight excluding hydrogens is 402 g/mol. The summed E-state index contributed by atoms with van der Waals surface area (Å²) in [5, 5.41) is 4.46. The van der Waals surface area contributed by atoms with Crippen molar-refractivity contribution in [3.05, 3.63) is 47.9 Å². The predicted molar refractivity (Wildman–Crippen MR) is 126 cm³/mol. The summed E-state index contributed by atoms with van der Waals surface area (Å²) in [4.78, 5) is 39.2. The maximum atomic E-state index is 12.6. The first-order chi connectivity index (χ1) is 15.4. The molecule has 0 fully saturated rings. The number of aromatic amines is 1. The average molecular weight is 434 g/mol. The van der Waals surface area contributed by atoms with E-state index < -0.39 is 0 Å². The molecule has 0 radical (unpaired) electrons. The van der Waals surface area contributed by atoms with Gasteiger partial charge in [0.1, 0.15) is 23.6 Å². The Kier molecular flexibility index (Phi) is 6.53. The minimum Gasteiger partial charge on any atom is -0.346 e. The molecule has 1 aromatic carbocycles. The number of nitrogens with one attached hydrogen (secondary N) is 2. The highest BCUT2D eigenvalue weighted by molar-refractivity contribution is 5.92. The number of aryl methyl sites for hydroxylation is 1. The number of H-pyrrole nitrogens is 1. The molecule has 0 aliphatic carbocycles. The van der Waals surface area contributed by atoms with Crippen molar-refractivity contribution >= 4 is 34.2 Å². The van der Waals surface area contributed by atoms with Crippen molar-refractivity contribution in [3.8, 4) is 0 Å². The van der Waals surface area contributed by atoms with Crippen LogP contribution in [-0.4, -0.2) is 45.1 Å². The maximum absolute atomic E-state index is 12.6. The van der Waals surface area contributed by atoms with Crippen molar-refractivity contribution in [2.75, 3.05) is 18.9 Å². The molecule has 1 aliphatic heterocycles. The van der Waals surface area contributed by atoms with Gasteiger partial charge < -0.3 is 15.2 Å². The molecule has 2 unspecified atom stereocenters. The zero-order chi connectivity index (χ0) is 22.7. The molecule has 3 aromatic rings. The Labute approximate surface area is 188 Å². The lowest BCUT2D eigenvalue weighted by atomic mass is 9.95. The van der Waals surface area contributed by atoms with E-state index in [9.17, 15) is 9.59 Å². The van der Waals surface area contributed by atoms with Crippen molar-refractivity contribution in [3.63, 3.8) is 0 Å². The highest BCUT2D eigenvalue weighted by atomic mass is 16.2. The summed E-state index contributed by atoms with van der Waals surface area (Å²) >= 11 is 0. The number of carbonyl (C=O) groups excluding carboxylic acids is 2. The molecule has 4 rings (SSSR count). The summed E-state index contributed by atoms with van der Waals surface area (Å²) in [5.41, 5.74) is 3.98. The molecule has 1 aliphatic rings. The number of ketones is 1. The zero-order valence-corrected chi connectivity index (χ0v) is 19.0. The van der Waals surface area contributed by atoms with Gasteiger partial charge in [-0.05, 0) is 48.4 Å². The van der Waals surface area contributed by atoms with Gasteiger partial charge in [0, 0.05) is 44.2 Å². The maximum Gasteiger partial charge on any atom is 0.223 e. The number of anilines is 2. The number of hydrogen-bond acceptors (Lipinski definition) is 5. The molecule has 1 amide bonds. The van der Waals surface area contributed by atoms with Crippen LogP contribution in [0, 0.1) is 11.8 Å². The van der Waals surface area contributed by atoms with Crippen LogP contribution in [0.1, 0.15) is 44.2 Å². The lowest BCUT2D eigenvalue weighted by molar-refractivity contribution is -0.134. The number of fused-ring (bicyclic) bond motifs is 2. The smallest absolute Gasteiger partial charge is 0.223 e. The second-order valence-corrected chi connectivity index (χ2v) is 9.07. The first-order valence-corrected chi connectivity index (χ1v) is 11.3. The van der Waals surface area contributed by atoms with Crippen LogP contribution in [0.2, 0.25) is 0 Å². The predicted octanol–water partition coefficient (Wildman–Crippen LogP) is 4.27. The average Bonchev–Trinajstić information content (AvgIpc) is 3.19. The van der Waals surface area contributed by atoms with Crippen LogP contribution in [0.15, 0.2) is 36.8 Å². The molecular formula is C25H31N5O2. The zero-order valence-electron chi connectivity index (χ0n) is 19.0. The van der Waals surface area contributed by atoms with Crippen LogP contribution < -0.4 is 5.32 Å². The fraction of sp³-hybridized carbons (Fsp3) is 0.440. The third-order valence-electron chi connectivity index (χ3n) is 6.38. The van der Waals surface area contributed by atoms with E-state index in [0.29, 0.717) is 25.3 Å². The topological polar surface area (TPSA) is 91.0 Å². The summed E-state index contributed by atoms with van der Waals surface area (Å²) in [6.07, 6.45) is 6.67. The van der Waals surface area contributed by atoms with Gasteiger partial charge in [0.05, 0.1) is 5.39 Å².